The van der Waals surface area contributed by atoms with Crippen LogP contribution in [0.2, 0.25) is 0 Å². The number of amides is 1. The van der Waals surface area contributed by atoms with Crippen molar-refractivity contribution in [2.24, 2.45) is 5.73 Å². The highest BCUT2D eigenvalue weighted by molar-refractivity contribution is 5.89. The molecule has 1 aliphatic heterocycles. The van der Waals surface area contributed by atoms with Gasteiger partial charge in [-0.25, -0.2) is 4.79 Å². The molecule has 0 radical (unpaired) electrons. The number of ether oxygens (including phenoxy) is 1. The van der Waals surface area contributed by atoms with Crippen molar-refractivity contribution in [3.8, 4) is 0 Å². The van der Waals surface area contributed by atoms with E-state index >= 15 is 0 Å². The molecule has 5 nitrogen and oxygen atoms in total. The Bertz CT molecular complexity index is 513. The highest BCUT2D eigenvalue weighted by atomic mass is 16.5. The number of carbonyl (C=O) groups excluding carboxylic acids is 2. The summed E-state index contributed by atoms with van der Waals surface area (Å²) in [7, 11) is 1.36. The molecule has 1 aromatic rings. The third kappa shape index (κ3) is 2.93. The number of esters is 1. The van der Waals surface area contributed by atoms with Gasteiger partial charge in [-0.1, -0.05) is 13.0 Å². The first-order valence-electron chi connectivity index (χ1n) is 6.23. The van der Waals surface area contributed by atoms with Crippen LogP contribution in [-0.2, 0) is 16.1 Å². The molecule has 19 heavy (non-hydrogen) atoms. The van der Waals surface area contributed by atoms with Gasteiger partial charge in [0.15, 0.2) is 0 Å². The number of primary amides is 1. The molecule has 0 bridgehead atoms. The number of rotatable bonds is 3. The monoisotopic (exact) mass is 262 g/mol. The maximum Gasteiger partial charge on any atom is 0.337 e. The number of benzene rings is 1. The summed E-state index contributed by atoms with van der Waals surface area (Å²) in [5.41, 5.74) is 8.04. The molecule has 0 saturated heterocycles. The van der Waals surface area contributed by atoms with Crippen LogP contribution in [0.4, 0.5) is 0 Å². The normalized spacial score (nSPS) is 18.7. The van der Waals surface area contributed by atoms with Crippen LogP contribution in [0.3, 0.4) is 0 Å². The predicted octanol–water partition coefficient (Wildman–Crippen LogP) is 0.878. The van der Waals surface area contributed by atoms with Crippen molar-refractivity contribution >= 4 is 11.9 Å². The number of nitrogens with zero attached hydrogens (tertiary/aromatic N) is 1. The summed E-state index contributed by atoms with van der Waals surface area (Å²) >= 11 is 0. The molecule has 1 unspecified atom stereocenters. The summed E-state index contributed by atoms with van der Waals surface area (Å²) in [5.74, 6) is -0.364. The molecule has 1 aliphatic rings. The van der Waals surface area contributed by atoms with Crippen LogP contribution < -0.4 is 5.73 Å². The fraction of sp³-hybridized carbons (Fsp3) is 0.429. The average Bonchev–Trinajstić information content (AvgIpc) is 2.36. The van der Waals surface area contributed by atoms with Gasteiger partial charge in [-0.15, -0.1) is 0 Å². The molecule has 5 heteroatoms. The second-order valence-corrected chi connectivity index (χ2v) is 4.94. The smallest absolute Gasteiger partial charge is 0.337 e. The summed E-state index contributed by atoms with van der Waals surface area (Å²) in [4.78, 5) is 24.5. The predicted molar refractivity (Wildman–Crippen MR) is 70.7 cm³/mol. The molecule has 0 fully saturated rings. The Morgan fingerprint density at radius 1 is 1.47 bits per heavy atom. The van der Waals surface area contributed by atoms with E-state index < -0.39 is 0 Å². The van der Waals surface area contributed by atoms with E-state index in [1.54, 1.807) is 6.07 Å². The third-order valence-electron chi connectivity index (χ3n) is 3.40. The van der Waals surface area contributed by atoms with E-state index in [9.17, 15) is 9.59 Å². The molecular weight excluding hydrogens is 244 g/mol. The number of methoxy groups -OCH3 is 1. The SMILES string of the molecule is COC(=O)c1ccc2c(c1)CN(CC(N)=O)CC2C. The molecular formula is C14H18N2O3. The van der Waals surface area contributed by atoms with Gasteiger partial charge in [-0.2, -0.15) is 0 Å². The molecule has 0 aliphatic carbocycles. The third-order valence-corrected chi connectivity index (χ3v) is 3.40. The molecule has 1 aromatic carbocycles. The van der Waals surface area contributed by atoms with Crippen molar-refractivity contribution in [3.63, 3.8) is 0 Å². The van der Waals surface area contributed by atoms with Gasteiger partial charge in [0.25, 0.3) is 0 Å². The van der Waals surface area contributed by atoms with Crippen molar-refractivity contribution < 1.29 is 14.3 Å². The van der Waals surface area contributed by atoms with Gasteiger partial charge in [-0.3, -0.25) is 9.69 Å². The summed E-state index contributed by atoms with van der Waals surface area (Å²) < 4.78 is 4.72. The van der Waals surface area contributed by atoms with Crippen LogP contribution in [0.1, 0.15) is 34.3 Å². The summed E-state index contributed by atoms with van der Waals surface area (Å²) in [6.45, 7) is 3.77. The maximum absolute atomic E-state index is 11.5. The first-order valence-corrected chi connectivity index (χ1v) is 6.23. The highest BCUT2D eigenvalue weighted by Crippen LogP contribution is 2.28. The molecule has 1 atom stereocenters. The van der Waals surface area contributed by atoms with Crippen LogP contribution in [0.15, 0.2) is 18.2 Å². The van der Waals surface area contributed by atoms with E-state index in [1.165, 1.54) is 12.7 Å². The highest BCUT2D eigenvalue weighted by Gasteiger charge is 2.24. The second-order valence-electron chi connectivity index (χ2n) is 4.94. The zero-order valence-electron chi connectivity index (χ0n) is 11.2. The van der Waals surface area contributed by atoms with Gasteiger partial charge in [-0.05, 0) is 29.2 Å². The Balaban J connectivity index is 2.27. The lowest BCUT2D eigenvalue weighted by atomic mass is 9.90. The van der Waals surface area contributed by atoms with Crippen molar-refractivity contribution in [3.05, 3.63) is 34.9 Å². The number of fused-ring (bicyclic) bond motifs is 1. The number of hydrogen-bond donors (Lipinski definition) is 1. The van der Waals surface area contributed by atoms with E-state index in [4.69, 9.17) is 10.5 Å². The van der Waals surface area contributed by atoms with E-state index in [0.717, 1.165) is 12.1 Å². The summed E-state index contributed by atoms with van der Waals surface area (Å²) in [5, 5.41) is 0. The van der Waals surface area contributed by atoms with Crippen LogP contribution >= 0.6 is 0 Å². The van der Waals surface area contributed by atoms with Crippen LogP contribution in [-0.4, -0.2) is 37.0 Å². The minimum atomic E-state index is -0.345. The maximum atomic E-state index is 11.5. The van der Waals surface area contributed by atoms with E-state index in [-0.39, 0.29) is 18.4 Å². The van der Waals surface area contributed by atoms with Gasteiger partial charge in [0, 0.05) is 13.1 Å². The Hall–Kier alpha value is -1.88. The lowest BCUT2D eigenvalue weighted by molar-refractivity contribution is -0.119. The lowest BCUT2D eigenvalue weighted by Gasteiger charge is -2.32. The van der Waals surface area contributed by atoms with Crippen LogP contribution in [0.5, 0.6) is 0 Å². The largest absolute Gasteiger partial charge is 0.465 e. The molecule has 0 saturated carbocycles. The molecule has 102 valence electrons. The van der Waals surface area contributed by atoms with E-state index in [0.29, 0.717) is 18.0 Å². The summed E-state index contributed by atoms with van der Waals surface area (Å²) in [6.07, 6.45) is 0. The molecule has 1 heterocycles. The molecule has 0 aromatic heterocycles. The topological polar surface area (TPSA) is 72.6 Å². The van der Waals surface area contributed by atoms with Crippen molar-refractivity contribution in [2.45, 2.75) is 19.4 Å². The molecule has 2 rings (SSSR count). The quantitative estimate of drug-likeness (QED) is 0.821. The average molecular weight is 262 g/mol. The number of carbonyl (C=O) groups is 2. The summed E-state index contributed by atoms with van der Waals surface area (Å²) in [6, 6.07) is 5.59. The van der Waals surface area contributed by atoms with E-state index in [1.807, 2.05) is 17.0 Å². The van der Waals surface area contributed by atoms with Gasteiger partial charge in [0.2, 0.25) is 5.91 Å². The first kappa shape index (κ1) is 13.5. The Morgan fingerprint density at radius 2 is 2.21 bits per heavy atom. The zero-order valence-corrected chi connectivity index (χ0v) is 11.2. The lowest BCUT2D eigenvalue weighted by Crippen LogP contribution is -2.38. The molecule has 0 spiro atoms. The second kappa shape index (κ2) is 5.40. The fourth-order valence-electron chi connectivity index (χ4n) is 2.60. The molecule has 1 amide bonds. The van der Waals surface area contributed by atoms with Crippen LogP contribution in [0, 0.1) is 0 Å². The van der Waals surface area contributed by atoms with Gasteiger partial charge < -0.3 is 10.5 Å². The van der Waals surface area contributed by atoms with Gasteiger partial charge in [0.05, 0.1) is 19.2 Å². The minimum absolute atomic E-state index is 0.242. The van der Waals surface area contributed by atoms with Crippen molar-refractivity contribution in [1.29, 1.82) is 0 Å². The Labute approximate surface area is 112 Å². The van der Waals surface area contributed by atoms with Crippen LogP contribution in [0.25, 0.3) is 0 Å². The van der Waals surface area contributed by atoms with Crippen molar-refractivity contribution in [1.82, 2.24) is 4.90 Å². The Kier molecular flexibility index (Phi) is 3.85. The standard InChI is InChI=1S/C14H18N2O3/c1-9-6-16(8-13(15)17)7-11-5-10(14(18)19-2)3-4-12(9)11/h3-5,9H,6-8H2,1-2H3,(H2,15,17). The number of nitrogens with two attached hydrogens (primary N) is 1. The van der Waals surface area contributed by atoms with E-state index in [2.05, 4.69) is 6.92 Å². The Morgan fingerprint density at radius 3 is 2.84 bits per heavy atom. The number of hydrogen-bond acceptors (Lipinski definition) is 4. The molecule has 2 N–H and O–H groups in total. The van der Waals surface area contributed by atoms with Gasteiger partial charge in [0.1, 0.15) is 0 Å². The minimum Gasteiger partial charge on any atom is -0.465 e. The van der Waals surface area contributed by atoms with Crippen molar-refractivity contribution in [2.75, 3.05) is 20.2 Å². The zero-order chi connectivity index (χ0) is 14.0. The first-order chi connectivity index (χ1) is 9.01. The van der Waals surface area contributed by atoms with Gasteiger partial charge >= 0.3 is 5.97 Å². The fourth-order valence-corrected chi connectivity index (χ4v) is 2.60.